The van der Waals surface area contributed by atoms with Crippen molar-refractivity contribution in [3.63, 3.8) is 0 Å². The number of benzene rings is 1. The van der Waals surface area contributed by atoms with E-state index in [1.165, 1.54) is 12.8 Å². The Labute approximate surface area is 122 Å². The van der Waals surface area contributed by atoms with Crippen molar-refractivity contribution in [1.82, 2.24) is 4.90 Å². The van der Waals surface area contributed by atoms with Crippen molar-refractivity contribution in [2.24, 2.45) is 5.41 Å². The summed E-state index contributed by atoms with van der Waals surface area (Å²) in [6.45, 7) is 6.60. The molecule has 1 aromatic rings. The van der Waals surface area contributed by atoms with Gasteiger partial charge in [-0.2, -0.15) is 0 Å². The molecule has 2 N–H and O–H groups in total. The van der Waals surface area contributed by atoms with Gasteiger partial charge in [0.15, 0.2) is 0 Å². The summed E-state index contributed by atoms with van der Waals surface area (Å²) < 4.78 is 0. The molecule has 1 saturated carbocycles. The molecule has 0 heterocycles. The van der Waals surface area contributed by atoms with E-state index in [1.54, 1.807) is 0 Å². The van der Waals surface area contributed by atoms with E-state index in [2.05, 4.69) is 13.8 Å². The minimum absolute atomic E-state index is 0.0483. The van der Waals surface area contributed by atoms with Crippen molar-refractivity contribution in [3.8, 4) is 0 Å². The van der Waals surface area contributed by atoms with E-state index in [9.17, 15) is 4.79 Å². The Morgan fingerprint density at radius 3 is 2.45 bits per heavy atom. The monoisotopic (exact) mass is 274 g/mol. The van der Waals surface area contributed by atoms with E-state index in [0.717, 1.165) is 18.4 Å². The predicted molar refractivity (Wildman–Crippen MR) is 83.7 cm³/mol. The lowest BCUT2D eigenvalue weighted by Gasteiger charge is -2.38. The molecule has 0 unspecified atom stereocenters. The quantitative estimate of drug-likeness (QED) is 0.837. The zero-order chi connectivity index (χ0) is 14.9. The van der Waals surface area contributed by atoms with Gasteiger partial charge in [0.1, 0.15) is 0 Å². The number of hydrogen-bond donors (Lipinski definition) is 1. The van der Waals surface area contributed by atoms with Crippen LogP contribution in [0.3, 0.4) is 0 Å². The van der Waals surface area contributed by atoms with Crippen LogP contribution in [0.4, 0.5) is 5.69 Å². The highest BCUT2D eigenvalue weighted by Gasteiger charge is 2.31. The summed E-state index contributed by atoms with van der Waals surface area (Å²) in [5, 5.41) is 0. The highest BCUT2D eigenvalue weighted by Crippen LogP contribution is 2.37. The fourth-order valence-electron chi connectivity index (χ4n) is 3.00. The average molecular weight is 274 g/mol. The summed E-state index contributed by atoms with van der Waals surface area (Å²) in [4.78, 5) is 14.5. The summed E-state index contributed by atoms with van der Waals surface area (Å²) in [5.74, 6) is 0.0483. The van der Waals surface area contributed by atoms with E-state index in [0.29, 0.717) is 22.7 Å². The Bertz CT molecular complexity index is 498. The predicted octanol–water partition coefficient (Wildman–Crippen LogP) is 3.62. The molecule has 0 bridgehead atoms. The first-order valence-electron chi connectivity index (χ1n) is 7.43. The number of amides is 1. The smallest absolute Gasteiger partial charge is 0.255 e. The normalized spacial score (nSPS) is 18.8. The van der Waals surface area contributed by atoms with Gasteiger partial charge in [-0.3, -0.25) is 4.79 Å². The van der Waals surface area contributed by atoms with Crippen LogP contribution in [0.15, 0.2) is 18.2 Å². The molecule has 0 radical (unpaired) electrons. The molecule has 1 amide bonds. The molecule has 1 aliphatic carbocycles. The lowest BCUT2D eigenvalue weighted by Crippen LogP contribution is -2.41. The van der Waals surface area contributed by atoms with Gasteiger partial charge in [-0.05, 0) is 55.7 Å². The van der Waals surface area contributed by atoms with Crippen molar-refractivity contribution >= 4 is 11.6 Å². The van der Waals surface area contributed by atoms with Gasteiger partial charge in [0.2, 0.25) is 0 Å². The summed E-state index contributed by atoms with van der Waals surface area (Å²) in [6.07, 6.45) is 4.53. The number of rotatable bonds is 2. The van der Waals surface area contributed by atoms with Gasteiger partial charge in [0, 0.05) is 18.8 Å². The summed E-state index contributed by atoms with van der Waals surface area (Å²) >= 11 is 0. The molecule has 1 aliphatic rings. The number of nitrogens with zero attached hydrogens (tertiary/aromatic N) is 1. The second-order valence-corrected chi connectivity index (χ2v) is 6.90. The van der Waals surface area contributed by atoms with Gasteiger partial charge in [-0.1, -0.05) is 19.9 Å². The number of anilines is 1. The van der Waals surface area contributed by atoms with Crippen molar-refractivity contribution in [2.75, 3.05) is 12.8 Å². The van der Waals surface area contributed by atoms with Crippen LogP contribution in [0.2, 0.25) is 0 Å². The minimum Gasteiger partial charge on any atom is -0.398 e. The second kappa shape index (κ2) is 5.47. The SMILES string of the molecule is Cc1ccc(C(=O)N(C)C2CCC(C)(C)CC2)c(N)c1. The molecule has 1 aromatic carbocycles. The minimum atomic E-state index is 0.0483. The topological polar surface area (TPSA) is 46.3 Å². The first kappa shape index (κ1) is 14.9. The Balaban J connectivity index is 2.09. The van der Waals surface area contributed by atoms with Crippen molar-refractivity contribution in [1.29, 1.82) is 0 Å². The third-order valence-electron chi connectivity index (χ3n) is 4.61. The first-order valence-corrected chi connectivity index (χ1v) is 7.43. The van der Waals surface area contributed by atoms with Crippen LogP contribution in [-0.2, 0) is 0 Å². The molecule has 1 fully saturated rings. The zero-order valence-electron chi connectivity index (χ0n) is 13.1. The molecule has 3 heteroatoms. The maximum atomic E-state index is 12.6. The van der Waals surface area contributed by atoms with E-state index in [-0.39, 0.29) is 5.91 Å². The Kier molecular flexibility index (Phi) is 4.07. The number of carbonyl (C=O) groups is 1. The molecular weight excluding hydrogens is 248 g/mol. The van der Waals surface area contributed by atoms with Crippen molar-refractivity contribution < 1.29 is 4.79 Å². The molecule has 2 rings (SSSR count). The Morgan fingerprint density at radius 2 is 1.90 bits per heavy atom. The number of hydrogen-bond acceptors (Lipinski definition) is 2. The molecule has 110 valence electrons. The van der Waals surface area contributed by atoms with Crippen LogP contribution in [0.25, 0.3) is 0 Å². The van der Waals surface area contributed by atoms with E-state index >= 15 is 0 Å². The molecule has 0 saturated heterocycles. The molecule has 0 atom stereocenters. The second-order valence-electron chi connectivity index (χ2n) is 6.90. The number of carbonyl (C=O) groups excluding carboxylic acids is 1. The molecule has 3 nitrogen and oxygen atoms in total. The molecular formula is C17H26N2O. The van der Waals surface area contributed by atoms with Gasteiger partial charge in [-0.25, -0.2) is 0 Å². The fourth-order valence-corrected chi connectivity index (χ4v) is 3.00. The lowest BCUT2D eigenvalue weighted by atomic mass is 9.75. The highest BCUT2D eigenvalue weighted by atomic mass is 16.2. The number of nitrogens with two attached hydrogens (primary N) is 1. The van der Waals surface area contributed by atoms with Crippen LogP contribution in [0, 0.1) is 12.3 Å². The third kappa shape index (κ3) is 3.14. The first-order chi connectivity index (χ1) is 9.30. The van der Waals surface area contributed by atoms with Crippen molar-refractivity contribution in [2.45, 2.75) is 52.5 Å². The van der Waals surface area contributed by atoms with E-state index in [1.807, 2.05) is 37.1 Å². The van der Waals surface area contributed by atoms with Gasteiger partial charge >= 0.3 is 0 Å². The molecule has 20 heavy (non-hydrogen) atoms. The lowest BCUT2D eigenvalue weighted by molar-refractivity contribution is 0.0636. The largest absolute Gasteiger partial charge is 0.398 e. The maximum absolute atomic E-state index is 12.6. The molecule has 0 aliphatic heterocycles. The third-order valence-corrected chi connectivity index (χ3v) is 4.61. The van der Waals surface area contributed by atoms with Gasteiger partial charge in [0.05, 0.1) is 5.56 Å². The molecule has 0 spiro atoms. The van der Waals surface area contributed by atoms with E-state index < -0.39 is 0 Å². The van der Waals surface area contributed by atoms with Gasteiger partial charge in [0.25, 0.3) is 5.91 Å². The number of aryl methyl sites for hydroxylation is 1. The summed E-state index contributed by atoms with van der Waals surface area (Å²) in [6, 6.07) is 6.00. The standard InChI is InChI=1S/C17H26N2O/c1-12-5-6-14(15(18)11-12)16(20)19(4)13-7-9-17(2,3)10-8-13/h5-6,11,13H,7-10,18H2,1-4H3. The van der Waals surface area contributed by atoms with Gasteiger partial charge in [-0.15, -0.1) is 0 Å². The fraction of sp³-hybridized carbons (Fsp3) is 0.588. The Morgan fingerprint density at radius 1 is 1.30 bits per heavy atom. The summed E-state index contributed by atoms with van der Waals surface area (Å²) in [5.41, 5.74) is 8.70. The average Bonchev–Trinajstić information content (AvgIpc) is 2.37. The van der Waals surface area contributed by atoms with Crippen LogP contribution in [-0.4, -0.2) is 23.9 Å². The maximum Gasteiger partial charge on any atom is 0.255 e. The van der Waals surface area contributed by atoms with Crippen molar-refractivity contribution in [3.05, 3.63) is 29.3 Å². The molecule has 0 aromatic heterocycles. The van der Waals surface area contributed by atoms with Gasteiger partial charge < -0.3 is 10.6 Å². The highest BCUT2D eigenvalue weighted by molar-refractivity contribution is 5.99. The van der Waals surface area contributed by atoms with E-state index in [4.69, 9.17) is 5.73 Å². The van der Waals surface area contributed by atoms with Crippen LogP contribution in [0.1, 0.15) is 55.5 Å². The Hall–Kier alpha value is -1.51. The van der Waals surface area contributed by atoms with Crippen LogP contribution in [0.5, 0.6) is 0 Å². The zero-order valence-corrected chi connectivity index (χ0v) is 13.1. The number of nitrogen functional groups attached to an aromatic ring is 1. The summed E-state index contributed by atoms with van der Waals surface area (Å²) in [7, 11) is 1.91. The van der Waals surface area contributed by atoms with Crippen LogP contribution < -0.4 is 5.73 Å². The van der Waals surface area contributed by atoms with Crippen LogP contribution >= 0.6 is 0 Å².